The van der Waals surface area contributed by atoms with Gasteiger partial charge < -0.3 is 5.32 Å². The fourth-order valence-corrected chi connectivity index (χ4v) is 3.14. The summed E-state index contributed by atoms with van der Waals surface area (Å²) in [5.74, 6) is -0.259. The number of hydrogen-bond donors (Lipinski definition) is 1. The van der Waals surface area contributed by atoms with Gasteiger partial charge in [-0.25, -0.2) is 0 Å². The molecule has 0 saturated carbocycles. The second kappa shape index (κ2) is 5.54. The predicted octanol–water partition coefficient (Wildman–Crippen LogP) is 3.43. The molecule has 0 aliphatic heterocycles. The van der Waals surface area contributed by atoms with Gasteiger partial charge in [0.25, 0.3) is 5.91 Å². The first-order chi connectivity index (χ1) is 10.6. The van der Waals surface area contributed by atoms with Gasteiger partial charge in [0.1, 0.15) is 11.1 Å². The quantitative estimate of drug-likeness (QED) is 0.786. The van der Waals surface area contributed by atoms with Gasteiger partial charge in [0.2, 0.25) is 0 Å². The summed E-state index contributed by atoms with van der Waals surface area (Å²) >= 11 is 1.41. The first-order valence-electron chi connectivity index (χ1n) is 6.62. The van der Waals surface area contributed by atoms with E-state index in [9.17, 15) is 10.1 Å². The summed E-state index contributed by atoms with van der Waals surface area (Å²) in [4.78, 5) is 21.8. The normalized spacial score (nSPS) is 10.4. The van der Waals surface area contributed by atoms with E-state index in [0.29, 0.717) is 21.6 Å². The Labute approximate surface area is 131 Å². The molecule has 108 valence electrons. The van der Waals surface area contributed by atoms with Crippen LogP contribution in [0.4, 0.5) is 5.00 Å². The maximum absolute atomic E-state index is 12.4. The van der Waals surface area contributed by atoms with Crippen molar-refractivity contribution in [3.8, 4) is 6.07 Å². The van der Waals surface area contributed by atoms with E-state index in [4.69, 9.17) is 0 Å². The predicted molar refractivity (Wildman–Crippen MR) is 86.0 cm³/mol. The Balaban J connectivity index is 1.94. The number of nitrogens with zero attached hydrogens (tertiary/aromatic N) is 3. The highest BCUT2D eigenvalue weighted by Gasteiger charge is 2.15. The largest absolute Gasteiger partial charge is 0.312 e. The van der Waals surface area contributed by atoms with Crippen molar-refractivity contribution in [3.63, 3.8) is 0 Å². The Morgan fingerprint density at radius 1 is 1.23 bits per heavy atom. The molecule has 0 unspecified atom stereocenters. The van der Waals surface area contributed by atoms with Gasteiger partial charge in [-0.1, -0.05) is 0 Å². The lowest BCUT2D eigenvalue weighted by Gasteiger charge is -2.04. The smallest absolute Gasteiger partial charge is 0.256 e. The lowest BCUT2D eigenvalue weighted by Crippen LogP contribution is -2.11. The van der Waals surface area contributed by atoms with Crippen molar-refractivity contribution in [2.45, 2.75) is 13.8 Å². The van der Waals surface area contributed by atoms with Gasteiger partial charge in [-0.05, 0) is 37.6 Å². The highest BCUT2D eigenvalue weighted by molar-refractivity contribution is 7.16. The summed E-state index contributed by atoms with van der Waals surface area (Å²) in [6.45, 7) is 3.81. The highest BCUT2D eigenvalue weighted by Crippen LogP contribution is 2.32. The SMILES string of the molecule is Cc1sc(NC(=O)c2ccc3nccnc3c2)c(C#N)c1C. The van der Waals surface area contributed by atoms with Crippen molar-refractivity contribution in [2.75, 3.05) is 5.32 Å². The molecule has 0 spiro atoms. The highest BCUT2D eigenvalue weighted by atomic mass is 32.1. The Kier molecular flexibility index (Phi) is 3.57. The molecule has 0 bridgehead atoms. The molecular weight excluding hydrogens is 296 g/mol. The maximum Gasteiger partial charge on any atom is 0.256 e. The van der Waals surface area contributed by atoms with Gasteiger partial charge in [-0.15, -0.1) is 11.3 Å². The number of fused-ring (bicyclic) bond motifs is 1. The number of nitriles is 1. The summed E-state index contributed by atoms with van der Waals surface area (Å²) < 4.78 is 0. The van der Waals surface area contributed by atoms with Crippen molar-refractivity contribution in [3.05, 3.63) is 52.2 Å². The van der Waals surface area contributed by atoms with Crippen molar-refractivity contribution >= 4 is 33.3 Å². The van der Waals surface area contributed by atoms with E-state index in [1.54, 1.807) is 30.6 Å². The maximum atomic E-state index is 12.4. The van der Waals surface area contributed by atoms with E-state index in [2.05, 4.69) is 21.4 Å². The first kappa shape index (κ1) is 14.2. The molecule has 22 heavy (non-hydrogen) atoms. The van der Waals surface area contributed by atoms with E-state index in [0.717, 1.165) is 16.0 Å². The number of anilines is 1. The van der Waals surface area contributed by atoms with Gasteiger partial charge in [0, 0.05) is 22.8 Å². The van der Waals surface area contributed by atoms with Gasteiger partial charge >= 0.3 is 0 Å². The van der Waals surface area contributed by atoms with Crippen LogP contribution in [0.1, 0.15) is 26.4 Å². The molecule has 0 radical (unpaired) electrons. The zero-order valence-electron chi connectivity index (χ0n) is 12.0. The van der Waals surface area contributed by atoms with Crippen molar-refractivity contribution in [1.29, 1.82) is 5.26 Å². The van der Waals surface area contributed by atoms with Crippen LogP contribution in [-0.2, 0) is 0 Å². The molecule has 0 atom stereocenters. The molecule has 0 aliphatic rings. The third-order valence-corrected chi connectivity index (χ3v) is 4.58. The molecule has 1 amide bonds. The van der Waals surface area contributed by atoms with Crippen molar-refractivity contribution in [2.24, 2.45) is 0 Å². The molecule has 3 rings (SSSR count). The van der Waals surface area contributed by atoms with Crippen LogP contribution < -0.4 is 5.32 Å². The number of nitrogens with one attached hydrogen (secondary N) is 1. The van der Waals surface area contributed by atoms with Gasteiger partial charge in [-0.2, -0.15) is 5.26 Å². The molecule has 6 heteroatoms. The minimum absolute atomic E-state index is 0.259. The summed E-state index contributed by atoms with van der Waals surface area (Å²) in [5.41, 5.74) is 3.32. The number of benzene rings is 1. The number of thiophene rings is 1. The standard InChI is InChI=1S/C16H12N4OS/c1-9-10(2)22-16(12(9)8-17)20-15(21)11-3-4-13-14(7-11)19-6-5-18-13/h3-7H,1-2H3,(H,20,21). The number of hydrogen-bond acceptors (Lipinski definition) is 5. The summed E-state index contributed by atoms with van der Waals surface area (Å²) in [7, 11) is 0. The summed E-state index contributed by atoms with van der Waals surface area (Å²) in [6.07, 6.45) is 3.20. The molecule has 5 nitrogen and oxygen atoms in total. The third kappa shape index (κ3) is 2.43. The molecule has 0 aliphatic carbocycles. The molecule has 0 saturated heterocycles. The summed E-state index contributed by atoms with van der Waals surface area (Å²) in [6, 6.07) is 7.29. The van der Waals surface area contributed by atoms with Crippen LogP contribution in [0.3, 0.4) is 0 Å². The molecule has 1 N–H and O–H groups in total. The van der Waals surface area contributed by atoms with E-state index in [1.165, 1.54) is 11.3 Å². The Morgan fingerprint density at radius 2 is 1.95 bits per heavy atom. The van der Waals surface area contributed by atoms with Crippen LogP contribution in [0.15, 0.2) is 30.6 Å². The first-order valence-corrected chi connectivity index (χ1v) is 7.44. The lowest BCUT2D eigenvalue weighted by molar-refractivity contribution is 0.102. The average molecular weight is 308 g/mol. The van der Waals surface area contributed by atoms with Crippen LogP contribution >= 0.6 is 11.3 Å². The molecule has 2 heterocycles. The lowest BCUT2D eigenvalue weighted by atomic mass is 10.1. The molecule has 2 aromatic heterocycles. The van der Waals surface area contributed by atoms with Gasteiger partial charge in [0.05, 0.1) is 16.6 Å². The van der Waals surface area contributed by atoms with E-state index >= 15 is 0 Å². The number of rotatable bonds is 2. The minimum atomic E-state index is -0.259. The van der Waals surface area contributed by atoms with Gasteiger partial charge in [-0.3, -0.25) is 14.8 Å². The monoisotopic (exact) mass is 308 g/mol. The Bertz CT molecular complexity index is 924. The van der Waals surface area contributed by atoms with E-state index in [-0.39, 0.29) is 5.91 Å². The zero-order valence-corrected chi connectivity index (χ0v) is 12.9. The number of aromatic nitrogens is 2. The van der Waals surface area contributed by atoms with Crippen LogP contribution in [0.25, 0.3) is 11.0 Å². The average Bonchev–Trinajstić information content (AvgIpc) is 2.80. The fourth-order valence-electron chi connectivity index (χ4n) is 2.13. The second-order valence-electron chi connectivity index (χ2n) is 4.81. The number of carbonyl (C=O) groups is 1. The number of aryl methyl sites for hydroxylation is 1. The topological polar surface area (TPSA) is 78.7 Å². The summed E-state index contributed by atoms with van der Waals surface area (Å²) in [5, 5.41) is 12.6. The van der Waals surface area contributed by atoms with Gasteiger partial charge in [0.15, 0.2) is 0 Å². The number of amides is 1. The molecule has 0 fully saturated rings. The molecule has 3 aromatic rings. The van der Waals surface area contributed by atoms with E-state index in [1.807, 2.05) is 13.8 Å². The van der Waals surface area contributed by atoms with Crippen LogP contribution in [-0.4, -0.2) is 15.9 Å². The van der Waals surface area contributed by atoms with Crippen molar-refractivity contribution < 1.29 is 4.79 Å². The minimum Gasteiger partial charge on any atom is -0.312 e. The molecule has 1 aromatic carbocycles. The second-order valence-corrected chi connectivity index (χ2v) is 6.04. The Morgan fingerprint density at radius 3 is 2.68 bits per heavy atom. The van der Waals surface area contributed by atoms with E-state index < -0.39 is 0 Å². The van der Waals surface area contributed by atoms with Crippen LogP contribution in [0, 0.1) is 25.2 Å². The third-order valence-electron chi connectivity index (χ3n) is 3.46. The molecular formula is C16H12N4OS. The van der Waals surface area contributed by atoms with Crippen LogP contribution in [0.5, 0.6) is 0 Å². The number of carbonyl (C=O) groups excluding carboxylic acids is 1. The fraction of sp³-hybridized carbons (Fsp3) is 0.125. The van der Waals surface area contributed by atoms with Crippen molar-refractivity contribution in [1.82, 2.24) is 9.97 Å². The van der Waals surface area contributed by atoms with Crippen LogP contribution in [0.2, 0.25) is 0 Å². The Hall–Kier alpha value is -2.78. The zero-order chi connectivity index (χ0) is 15.7.